The first-order chi connectivity index (χ1) is 17.4. The maximum atomic E-state index is 13.6. The minimum absolute atomic E-state index is 0.110. The first-order valence-corrected chi connectivity index (χ1v) is 13.2. The number of aryl methyl sites for hydroxylation is 2. The van der Waals surface area contributed by atoms with Crippen LogP contribution in [0.5, 0.6) is 0 Å². The van der Waals surface area contributed by atoms with Gasteiger partial charge in [-0.25, -0.2) is 14.2 Å². The van der Waals surface area contributed by atoms with E-state index in [1.54, 1.807) is 6.07 Å². The topological polar surface area (TPSA) is 94.6 Å². The van der Waals surface area contributed by atoms with Crippen LogP contribution >= 0.6 is 11.6 Å². The summed E-state index contributed by atoms with van der Waals surface area (Å²) in [6.45, 7) is 2.48. The molecular formula is C27H34ClFN4O3. The third kappa shape index (κ3) is 7.40. The van der Waals surface area contributed by atoms with Gasteiger partial charge in [0.2, 0.25) is 5.91 Å². The minimum Gasteiger partial charge on any atom is -0.480 e. The molecule has 0 bridgehead atoms. The average Bonchev–Trinajstić information content (AvgIpc) is 3.71. The van der Waals surface area contributed by atoms with Crippen molar-refractivity contribution in [3.63, 3.8) is 0 Å². The number of fused-ring (bicyclic) bond motifs is 1. The normalized spacial score (nSPS) is 15.8. The van der Waals surface area contributed by atoms with Gasteiger partial charge in [-0.3, -0.25) is 4.79 Å². The second-order valence-corrected chi connectivity index (χ2v) is 10.1. The maximum Gasteiger partial charge on any atom is 0.326 e. The van der Waals surface area contributed by atoms with E-state index >= 15 is 0 Å². The number of carboxylic acids is 1. The highest BCUT2D eigenvalue weighted by molar-refractivity contribution is 6.31. The summed E-state index contributed by atoms with van der Waals surface area (Å²) in [5, 5.41) is 15.5. The molecular weight excluding hydrogens is 483 g/mol. The van der Waals surface area contributed by atoms with E-state index in [-0.39, 0.29) is 11.4 Å². The summed E-state index contributed by atoms with van der Waals surface area (Å²) in [7, 11) is 0. The van der Waals surface area contributed by atoms with Crippen molar-refractivity contribution in [1.82, 2.24) is 15.2 Å². The Balaban J connectivity index is 1.22. The number of nitrogens with one attached hydrogen (secondary N) is 2. The molecule has 0 spiro atoms. The van der Waals surface area contributed by atoms with Crippen molar-refractivity contribution in [3.05, 3.63) is 58.0 Å². The molecule has 1 aromatic carbocycles. The molecule has 1 saturated carbocycles. The first-order valence-electron chi connectivity index (χ1n) is 12.8. The lowest BCUT2D eigenvalue weighted by Gasteiger charge is -2.24. The molecule has 1 atom stereocenters. The first kappa shape index (κ1) is 26.4. The monoisotopic (exact) mass is 516 g/mol. The minimum atomic E-state index is -1.07. The number of carbonyl (C=O) groups is 2. The lowest BCUT2D eigenvalue weighted by atomic mass is 10.1. The summed E-state index contributed by atoms with van der Waals surface area (Å²) >= 11 is 5.93. The fourth-order valence-corrected chi connectivity index (χ4v) is 4.89. The van der Waals surface area contributed by atoms with Crippen LogP contribution in [-0.2, 0) is 28.9 Å². The lowest BCUT2D eigenvalue weighted by molar-refractivity contribution is -0.142. The van der Waals surface area contributed by atoms with Gasteiger partial charge in [-0.2, -0.15) is 0 Å². The van der Waals surface area contributed by atoms with Gasteiger partial charge in [0.1, 0.15) is 17.7 Å². The Hall–Kier alpha value is -2.71. The number of benzene rings is 1. The van der Waals surface area contributed by atoms with Gasteiger partial charge >= 0.3 is 5.97 Å². The molecule has 1 aliphatic carbocycles. The van der Waals surface area contributed by atoms with E-state index in [2.05, 4.69) is 27.7 Å². The maximum absolute atomic E-state index is 13.6. The molecule has 0 radical (unpaired) electrons. The zero-order chi connectivity index (χ0) is 25.5. The van der Waals surface area contributed by atoms with Gasteiger partial charge in [-0.05, 0) is 81.2 Å². The lowest BCUT2D eigenvalue weighted by Crippen LogP contribution is -2.44. The molecule has 4 rings (SSSR count). The number of aliphatic carboxylic acids is 1. The van der Waals surface area contributed by atoms with Gasteiger partial charge in [-0.15, -0.1) is 0 Å². The van der Waals surface area contributed by atoms with Crippen molar-refractivity contribution in [2.45, 2.75) is 69.9 Å². The van der Waals surface area contributed by atoms with E-state index in [0.29, 0.717) is 24.6 Å². The Labute approximate surface area is 216 Å². The van der Waals surface area contributed by atoms with E-state index < -0.39 is 23.7 Å². The van der Waals surface area contributed by atoms with E-state index in [0.717, 1.165) is 69.5 Å². The fourth-order valence-electron chi connectivity index (χ4n) is 4.70. The number of halogens is 2. The molecule has 2 aromatic rings. The van der Waals surface area contributed by atoms with Gasteiger partial charge in [0.15, 0.2) is 0 Å². The van der Waals surface area contributed by atoms with Crippen molar-refractivity contribution in [3.8, 4) is 0 Å². The number of rotatable bonds is 13. The quantitative estimate of drug-likeness (QED) is 0.345. The number of aromatic nitrogens is 1. The zero-order valence-electron chi connectivity index (χ0n) is 20.4. The number of carboxylic acid groups (broad SMARTS) is 1. The van der Waals surface area contributed by atoms with Crippen molar-refractivity contribution >= 4 is 29.3 Å². The van der Waals surface area contributed by atoms with Gasteiger partial charge < -0.3 is 20.6 Å². The van der Waals surface area contributed by atoms with E-state index in [1.165, 1.54) is 17.7 Å². The van der Waals surface area contributed by atoms with Crippen LogP contribution in [-0.4, -0.2) is 58.6 Å². The van der Waals surface area contributed by atoms with Gasteiger partial charge in [0.25, 0.3) is 0 Å². The van der Waals surface area contributed by atoms with Crippen LogP contribution in [0, 0.1) is 5.82 Å². The highest BCUT2D eigenvalue weighted by Crippen LogP contribution is 2.28. The molecule has 9 heteroatoms. The molecule has 1 fully saturated rings. The molecule has 2 aliphatic rings. The Bertz CT molecular complexity index is 1080. The van der Waals surface area contributed by atoms with Crippen molar-refractivity contribution in [2.24, 2.45) is 0 Å². The number of carbonyl (C=O) groups excluding carboxylic acids is 1. The van der Waals surface area contributed by atoms with Crippen LogP contribution in [0.2, 0.25) is 5.02 Å². The van der Waals surface area contributed by atoms with Crippen LogP contribution in [0.15, 0.2) is 30.3 Å². The third-order valence-corrected chi connectivity index (χ3v) is 7.29. The van der Waals surface area contributed by atoms with Crippen LogP contribution in [0.3, 0.4) is 0 Å². The van der Waals surface area contributed by atoms with Gasteiger partial charge in [0, 0.05) is 24.8 Å². The molecule has 1 amide bonds. The summed E-state index contributed by atoms with van der Waals surface area (Å²) in [5.41, 5.74) is 2.74. The molecule has 1 unspecified atom stereocenters. The summed E-state index contributed by atoms with van der Waals surface area (Å²) in [4.78, 5) is 31.3. The summed E-state index contributed by atoms with van der Waals surface area (Å²) in [5.74, 6) is -1.13. The van der Waals surface area contributed by atoms with E-state index in [9.17, 15) is 19.1 Å². The number of hydrogen-bond acceptors (Lipinski definition) is 5. The van der Waals surface area contributed by atoms with Crippen LogP contribution in [0.1, 0.15) is 55.3 Å². The Morgan fingerprint density at radius 3 is 2.83 bits per heavy atom. The predicted octanol–water partition coefficient (Wildman–Crippen LogP) is 4.22. The molecule has 7 nitrogen and oxygen atoms in total. The number of amides is 1. The highest BCUT2D eigenvalue weighted by Gasteiger charge is 2.30. The second kappa shape index (κ2) is 12.5. The SMILES string of the molecule is O=C(Cc1cccc(F)c1Cl)NC(CCN(CCCCc1ccc2c(n1)NCCC2)C1CC1)C(=O)O. The average molecular weight is 517 g/mol. The number of unbranched alkanes of at least 4 members (excludes halogenated alkanes) is 1. The standard InChI is InChI=1S/C27H34ClFN4O3/c28-25-19(5-3-8-22(25)29)17-24(34)32-23(27(35)36)13-16-33(21-11-12-21)15-2-1-7-20-10-9-18-6-4-14-30-26(18)31-20/h3,5,8-10,21,23H,1-2,4,6-7,11-17H2,(H,30,31)(H,32,34)(H,35,36). The number of nitrogens with zero attached hydrogens (tertiary/aromatic N) is 2. The molecule has 1 aliphatic heterocycles. The highest BCUT2D eigenvalue weighted by atomic mass is 35.5. The van der Waals surface area contributed by atoms with Crippen LogP contribution < -0.4 is 10.6 Å². The van der Waals surface area contributed by atoms with Crippen molar-refractivity contribution < 1.29 is 19.1 Å². The molecule has 36 heavy (non-hydrogen) atoms. The van der Waals surface area contributed by atoms with E-state index in [1.807, 2.05) is 0 Å². The second-order valence-electron chi connectivity index (χ2n) is 9.70. The van der Waals surface area contributed by atoms with E-state index in [4.69, 9.17) is 16.6 Å². The summed E-state index contributed by atoms with van der Waals surface area (Å²) < 4.78 is 13.6. The van der Waals surface area contributed by atoms with Gasteiger partial charge in [0.05, 0.1) is 11.4 Å². The Morgan fingerprint density at radius 1 is 1.22 bits per heavy atom. The molecule has 0 saturated heterocycles. The smallest absolute Gasteiger partial charge is 0.326 e. The number of hydrogen-bond donors (Lipinski definition) is 3. The van der Waals surface area contributed by atoms with Crippen molar-refractivity contribution in [2.75, 3.05) is 25.0 Å². The molecule has 1 aromatic heterocycles. The largest absolute Gasteiger partial charge is 0.480 e. The van der Waals surface area contributed by atoms with Crippen LogP contribution in [0.25, 0.3) is 0 Å². The van der Waals surface area contributed by atoms with Gasteiger partial charge in [-0.1, -0.05) is 29.8 Å². The third-order valence-electron chi connectivity index (χ3n) is 6.86. The van der Waals surface area contributed by atoms with Crippen LogP contribution in [0.4, 0.5) is 10.2 Å². The van der Waals surface area contributed by atoms with Crippen molar-refractivity contribution in [1.29, 1.82) is 0 Å². The number of pyridine rings is 1. The molecule has 194 valence electrons. The molecule has 2 heterocycles. The Morgan fingerprint density at radius 2 is 2.06 bits per heavy atom. The zero-order valence-corrected chi connectivity index (χ0v) is 21.2. The Kier molecular flexibility index (Phi) is 9.15. The number of anilines is 1. The fraction of sp³-hybridized carbons (Fsp3) is 0.519. The molecule has 3 N–H and O–H groups in total. The summed E-state index contributed by atoms with van der Waals surface area (Å²) in [6, 6.07) is 8.06. The summed E-state index contributed by atoms with van der Waals surface area (Å²) in [6.07, 6.45) is 7.57. The predicted molar refractivity (Wildman–Crippen MR) is 138 cm³/mol.